The minimum absolute atomic E-state index is 0.0338. The van der Waals surface area contributed by atoms with E-state index in [1.165, 1.54) is 5.56 Å². The minimum Gasteiger partial charge on any atom is -0.324 e. The first-order valence-corrected chi connectivity index (χ1v) is 8.66. The van der Waals surface area contributed by atoms with Crippen molar-refractivity contribution in [3.63, 3.8) is 0 Å². The third-order valence-electron chi connectivity index (χ3n) is 4.60. The van der Waals surface area contributed by atoms with Gasteiger partial charge in [0.15, 0.2) is 0 Å². The van der Waals surface area contributed by atoms with Crippen LogP contribution >= 0.6 is 0 Å². The Morgan fingerprint density at radius 1 is 1.32 bits per heavy atom. The van der Waals surface area contributed by atoms with Crippen molar-refractivity contribution in [2.45, 2.75) is 19.9 Å². The van der Waals surface area contributed by atoms with E-state index in [2.05, 4.69) is 33.3 Å². The van der Waals surface area contributed by atoms with E-state index in [1.807, 2.05) is 30.2 Å². The standard InChI is InChI=1S/C19H25N5O/c1-15-5-8-21-11-18(15)22-19(25)24-9-6-17(14-24)13-23(2)12-16-4-3-7-20-10-16/h3-5,7-8,10-11,17H,6,9,12-14H2,1-2H3,(H,22,25). The second-order valence-corrected chi connectivity index (χ2v) is 6.78. The summed E-state index contributed by atoms with van der Waals surface area (Å²) in [5, 5.41) is 2.97. The smallest absolute Gasteiger partial charge is 0.321 e. The molecule has 3 rings (SSSR count). The molecule has 0 bridgehead atoms. The summed E-state index contributed by atoms with van der Waals surface area (Å²) in [7, 11) is 2.12. The molecule has 0 radical (unpaired) electrons. The van der Waals surface area contributed by atoms with E-state index in [0.29, 0.717) is 5.92 Å². The van der Waals surface area contributed by atoms with E-state index < -0.39 is 0 Å². The monoisotopic (exact) mass is 339 g/mol. The Balaban J connectivity index is 1.48. The first kappa shape index (κ1) is 17.4. The Morgan fingerprint density at radius 2 is 2.16 bits per heavy atom. The van der Waals surface area contributed by atoms with Gasteiger partial charge in [-0.05, 0) is 49.6 Å². The van der Waals surface area contributed by atoms with Crippen molar-refractivity contribution in [2.75, 3.05) is 32.0 Å². The largest absolute Gasteiger partial charge is 0.324 e. The van der Waals surface area contributed by atoms with Crippen LogP contribution in [0, 0.1) is 12.8 Å². The fourth-order valence-corrected chi connectivity index (χ4v) is 3.26. The van der Waals surface area contributed by atoms with Crippen LogP contribution in [0.4, 0.5) is 10.5 Å². The van der Waals surface area contributed by atoms with Crippen molar-refractivity contribution in [1.82, 2.24) is 19.8 Å². The number of aromatic nitrogens is 2. The number of aryl methyl sites for hydroxylation is 1. The molecule has 1 unspecified atom stereocenters. The highest BCUT2D eigenvalue weighted by Gasteiger charge is 2.27. The third-order valence-corrected chi connectivity index (χ3v) is 4.60. The summed E-state index contributed by atoms with van der Waals surface area (Å²) < 4.78 is 0. The van der Waals surface area contributed by atoms with Crippen molar-refractivity contribution in [2.24, 2.45) is 5.92 Å². The van der Waals surface area contributed by atoms with Gasteiger partial charge in [0, 0.05) is 44.8 Å². The lowest BCUT2D eigenvalue weighted by atomic mass is 10.1. The molecule has 2 aromatic heterocycles. The molecule has 6 nitrogen and oxygen atoms in total. The number of hydrogen-bond acceptors (Lipinski definition) is 4. The van der Waals surface area contributed by atoms with Crippen LogP contribution in [0.1, 0.15) is 17.5 Å². The molecule has 2 amide bonds. The zero-order chi connectivity index (χ0) is 17.6. The molecule has 1 aliphatic rings. The maximum atomic E-state index is 12.5. The number of carbonyl (C=O) groups is 1. The second-order valence-electron chi connectivity index (χ2n) is 6.78. The van der Waals surface area contributed by atoms with Gasteiger partial charge < -0.3 is 15.1 Å². The van der Waals surface area contributed by atoms with Crippen molar-refractivity contribution in [1.29, 1.82) is 0 Å². The maximum absolute atomic E-state index is 12.5. The fourth-order valence-electron chi connectivity index (χ4n) is 3.26. The number of likely N-dealkylation sites (tertiary alicyclic amines) is 1. The van der Waals surface area contributed by atoms with E-state index in [0.717, 1.165) is 43.9 Å². The van der Waals surface area contributed by atoms with Gasteiger partial charge in [-0.2, -0.15) is 0 Å². The van der Waals surface area contributed by atoms with Crippen LogP contribution in [0.2, 0.25) is 0 Å². The van der Waals surface area contributed by atoms with Crippen molar-refractivity contribution in [3.8, 4) is 0 Å². The summed E-state index contributed by atoms with van der Waals surface area (Å²) in [6.45, 7) is 5.42. The molecule has 1 saturated heterocycles. The second kappa shape index (κ2) is 8.07. The van der Waals surface area contributed by atoms with E-state index in [1.54, 1.807) is 18.6 Å². The number of carbonyl (C=O) groups excluding carboxylic acids is 1. The van der Waals surface area contributed by atoms with E-state index >= 15 is 0 Å². The first-order chi connectivity index (χ1) is 12.1. The molecule has 3 heterocycles. The highest BCUT2D eigenvalue weighted by atomic mass is 16.2. The average Bonchev–Trinajstić information content (AvgIpc) is 3.06. The normalized spacial score (nSPS) is 17.1. The van der Waals surface area contributed by atoms with Crippen LogP contribution in [-0.2, 0) is 6.54 Å². The number of rotatable bonds is 5. The Hall–Kier alpha value is -2.47. The van der Waals surface area contributed by atoms with Crippen LogP contribution in [0.3, 0.4) is 0 Å². The molecule has 0 aliphatic carbocycles. The molecule has 1 aliphatic heterocycles. The fraction of sp³-hybridized carbons (Fsp3) is 0.421. The number of amides is 2. The number of nitrogens with one attached hydrogen (secondary N) is 1. The molecule has 6 heteroatoms. The zero-order valence-electron chi connectivity index (χ0n) is 14.9. The van der Waals surface area contributed by atoms with Gasteiger partial charge in [-0.15, -0.1) is 0 Å². The molecule has 0 saturated carbocycles. The summed E-state index contributed by atoms with van der Waals surface area (Å²) in [6.07, 6.45) is 8.16. The number of urea groups is 1. The quantitative estimate of drug-likeness (QED) is 0.910. The Kier molecular flexibility index (Phi) is 5.60. The molecule has 2 aromatic rings. The van der Waals surface area contributed by atoms with Gasteiger partial charge >= 0.3 is 6.03 Å². The van der Waals surface area contributed by atoms with E-state index in [-0.39, 0.29) is 6.03 Å². The molecule has 0 aromatic carbocycles. The highest BCUT2D eigenvalue weighted by molar-refractivity contribution is 5.90. The lowest BCUT2D eigenvalue weighted by molar-refractivity contribution is 0.216. The molecule has 25 heavy (non-hydrogen) atoms. The lowest BCUT2D eigenvalue weighted by Gasteiger charge is -2.22. The molecule has 0 spiro atoms. The molecular weight excluding hydrogens is 314 g/mol. The van der Waals surface area contributed by atoms with Gasteiger partial charge in [-0.3, -0.25) is 9.97 Å². The first-order valence-electron chi connectivity index (χ1n) is 8.66. The Morgan fingerprint density at radius 3 is 2.92 bits per heavy atom. The summed E-state index contributed by atoms with van der Waals surface area (Å²) in [5.41, 5.74) is 3.02. The summed E-state index contributed by atoms with van der Waals surface area (Å²) >= 11 is 0. The molecule has 1 N–H and O–H groups in total. The summed E-state index contributed by atoms with van der Waals surface area (Å²) in [4.78, 5) is 24.9. The van der Waals surface area contributed by atoms with Gasteiger partial charge in [0.05, 0.1) is 11.9 Å². The zero-order valence-corrected chi connectivity index (χ0v) is 14.9. The van der Waals surface area contributed by atoms with Gasteiger partial charge in [0.1, 0.15) is 0 Å². The van der Waals surface area contributed by atoms with Crippen LogP contribution in [-0.4, -0.2) is 52.5 Å². The van der Waals surface area contributed by atoms with Crippen molar-refractivity contribution < 1.29 is 4.79 Å². The van der Waals surface area contributed by atoms with Crippen LogP contribution in [0.15, 0.2) is 43.0 Å². The van der Waals surface area contributed by atoms with Gasteiger partial charge in [-0.25, -0.2) is 4.79 Å². The van der Waals surface area contributed by atoms with Gasteiger partial charge in [0.25, 0.3) is 0 Å². The minimum atomic E-state index is -0.0338. The summed E-state index contributed by atoms with van der Waals surface area (Å²) in [6, 6.07) is 5.92. The summed E-state index contributed by atoms with van der Waals surface area (Å²) in [5.74, 6) is 0.502. The molecular formula is C19H25N5O. The van der Waals surface area contributed by atoms with Crippen LogP contribution < -0.4 is 5.32 Å². The van der Waals surface area contributed by atoms with Crippen molar-refractivity contribution >= 4 is 11.7 Å². The highest BCUT2D eigenvalue weighted by Crippen LogP contribution is 2.20. The third kappa shape index (κ3) is 4.76. The lowest BCUT2D eigenvalue weighted by Crippen LogP contribution is -2.34. The molecule has 1 fully saturated rings. The number of pyridine rings is 2. The van der Waals surface area contributed by atoms with Crippen LogP contribution in [0.5, 0.6) is 0 Å². The number of nitrogens with zero attached hydrogens (tertiary/aromatic N) is 4. The van der Waals surface area contributed by atoms with Crippen LogP contribution in [0.25, 0.3) is 0 Å². The molecule has 1 atom stereocenters. The number of hydrogen-bond donors (Lipinski definition) is 1. The Labute approximate surface area is 148 Å². The van der Waals surface area contributed by atoms with Gasteiger partial charge in [-0.1, -0.05) is 6.07 Å². The number of anilines is 1. The Bertz CT molecular complexity index is 706. The predicted octanol–water partition coefficient (Wildman–Crippen LogP) is 2.77. The average molecular weight is 339 g/mol. The topological polar surface area (TPSA) is 61.4 Å². The SMILES string of the molecule is Cc1ccncc1NC(=O)N1CCC(CN(C)Cc2cccnc2)C1. The predicted molar refractivity (Wildman–Crippen MR) is 98.2 cm³/mol. The molecule has 132 valence electrons. The van der Waals surface area contributed by atoms with E-state index in [4.69, 9.17) is 0 Å². The van der Waals surface area contributed by atoms with Gasteiger partial charge in [0.2, 0.25) is 0 Å². The van der Waals surface area contributed by atoms with Crippen molar-refractivity contribution in [3.05, 3.63) is 54.1 Å². The maximum Gasteiger partial charge on any atom is 0.321 e. The van der Waals surface area contributed by atoms with E-state index in [9.17, 15) is 4.79 Å².